The molecule has 0 heterocycles. The van der Waals surface area contributed by atoms with Crippen molar-refractivity contribution < 1.29 is 9.47 Å². The van der Waals surface area contributed by atoms with Crippen molar-refractivity contribution in [3.63, 3.8) is 0 Å². The van der Waals surface area contributed by atoms with E-state index in [1.807, 2.05) is 7.05 Å². The highest BCUT2D eigenvalue weighted by molar-refractivity contribution is 5.16. The summed E-state index contributed by atoms with van der Waals surface area (Å²) >= 11 is 0. The van der Waals surface area contributed by atoms with Gasteiger partial charge < -0.3 is 14.8 Å². The first-order chi connectivity index (χ1) is 9.13. The third-order valence-corrected chi connectivity index (χ3v) is 3.99. The molecule has 1 fully saturated rings. The van der Waals surface area contributed by atoms with Gasteiger partial charge in [0, 0.05) is 33.4 Å². The second-order valence-corrected chi connectivity index (χ2v) is 5.38. The van der Waals surface area contributed by atoms with Crippen LogP contribution in [0.4, 0.5) is 0 Å². The molecular formula is C14H27N3O2. The summed E-state index contributed by atoms with van der Waals surface area (Å²) in [5, 5.41) is 12.8. The van der Waals surface area contributed by atoms with Crippen molar-refractivity contribution in [2.75, 3.05) is 47.6 Å². The van der Waals surface area contributed by atoms with E-state index in [2.05, 4.69) is 23.2 Å². The molecule has 19 heavy (non-hydrogen) atoms. The third kappa shape index (κ3) is 4.43. The molecule has 0 bridgehead atoms. The van der Waals surface area contributed by atoms with E-state index in [-0.39, 0.29) is 6.04 Å². The zero-order chi connectivity index (χ0) is 14.3. The molecule has 2 unspecified atom stereocenters. The maximum Gasteiger partial charge on any atom is 0.122 e. The van der Waals surface area contributed by atoms with Crippen LogP contribution in [-0.4, -0.2) is 64.1 Å². The predicted octanol–water partition coefficient (Wildman–Crippen LogP) is 0.861. The molecule has 0 aromatic carbocycles. The predicted molar refractivity (Wildman–Crippen MR) is 74.9 cm³/mol. The minimum absolute atomic E-state index is 0.278. The maximum atomic E-state index is 9.57. The summed E-state index contributed by atoms with van der Waals surface area (Å²) in [6.07, 6.45) is 2.29. The molecule has 1 aliphatic rings. The molecule has 1 N–H and O–H groups in total. The van der Waals surface area contributed by atoms with Gasteiger partial charge in [-0.05, 0) is 32.7 Å². The highest BCUT2D eigenvalue weighted by Gasteiger charge is 2.46. The number of hydrogen-bond donors (Lipinski definition) is 1. The second-order valence-electron chi connectivity index (χ2n) is 5.38. The van der Waals surface area contributed by atoms with Crippen LogP contribution in [0.5, 0.6) is 0 Å². The molecule has 0 amide bonds. The molecule has 2 atom stereocenters. The van der Waals surface area contributed by atoms with Crippen LogP contribution >= 0.6 is 0 Å². The van der Waals surface area contributed by atoms with Gasteiger partial charge in [-0.1, -0.05) is 0 Å². The first-order valence-electron chi connectivity index (χ1n) is 6.95. The van der Waals surface area contributed by atoms with Gasteiger partial charge in [-0.3, -0.25) is 4.90 Å². The van der Waals surface area contributed by atoms with Crippen molar-refractivity contribution in [1.82, 2.24) is 10.2 Å². The number of nitriles is 1. The van der Waals surface area contributed by atoms with E-state index >= 15 is 0 Å². The lowest BCUT2D eigenvalue weighted by molar-refractivity contribution is 0.0598. The Kier molecular flexibility index (Phi) is 6.73. The van der Waals surface area contributed by atoms with Crippen molar-refractivity contribution in [1.29, 1.82) is 5.26 Å². The van der Waals surface area contributed by atoms with E-state index < -0.39 is 5.54 Å². The molecule has 0 radical (unpaired) electrons. The smallest absolute Gasteiger partial charge is 0.122 e. The zero-order valence-electron chi connectivity index (χ0n) is 12.6. The molecule has 1 saturated carbocycles. The fraction of sp³-hybridized carbons (Fsp3) is 0.929. The molecule has 1 aliphatic carbocycles. The number of likely N-dealkylation sites (N-methyl/N-ethyl adjacent to an activating group) is 1. The molecule has 0 saturated heterocycles. The molecule has 5 nitrogen and oxygen atoms in total. The van der Waals surface area contributed by atoms with Crippen molar-refractivity contribution >= 4 is 0 Å². The van der Waals surface area contributed by atoms with Crippen molar-refractivity contribution in [3.05, 3.63) is 0 Å². The van der Waals surface area contributed by atoms with E-state index in [1.54, 1.807) is 14.2 Å². The van der Waals surface area contributed by atoms with Crippen LogP contribution in [0.25, 0.3) is 0 Å². The summed E-state index contributed by atoms with van der Waals surface area (Å²) in [4.78, 5) is 2.28. The maximum absolute atomic E-state index is 9.57. The number of hydrogen-bond acceptors (Lipinski definition) is 5. The van der Waals surface area contributed by atoms with Gasteiger partial charge in [-0.25, -0.2) is 0 Å². The lowest BCUT2D eigenvalue weighted by atomic mass is 9.94. The van der Waals surface area contributed by atoms with Gasteiger partial charge in [0.1, 0.15) is 5.54 Å². The van der Waals surface area contributed by atoms with Crippen LogP contribution in [0.3, 0.4) is 0 Å². The van der Waals surface area contributed by atoms with Gasteiger partial charge in [0.05, 0.1) is 19.3 Å². The van der Waals surface area contributed by atoms with E-state index in [0.717, 1.165) is 25.9 Å². The van der Waals surface area contributed by atoms with Crippen LogP contribution in [0, 0.1) is 17.2 Å². The third-order valence-electron chi connectivity index (χ3n) is 3.99. The monoisotopic (exact) mass is 269 g/mol. The average Bonchev–Trinajstić information content (AvgIpc) is 3.25. The summed E-state index contributed by atoms with van der Waals surface area (Å²) in [6, 6.07) is 2.77. The first kappa shape index (κ1) is 16.4. The number of nitrogens with one attached hydrogen (secondary N) is 1. The zero-order valence-corrected chi connectivity index (χ0v) is 12.6. The second kappa shape index (κ2) is 7.81. The highest BCUT2D eigenvalue weighted by Crippen LogP contribution is 2.39. The van der Waals surface area contributed by atoms with E-state index in [0.29, 0.717) is 19.1 Å². The highest BCUT2D eigenvalue weighted by atomic mass is 16.5. The van der Waals surface area contributed by atoms with Gasteiger partial charge in [0.25, 0.3) is 0 Å². The molecule has 110 valence electrons. The summed E-state index contributed by atoms with van der Waals surface area (Å²) in [7, 11) is 5.30. The largest absolute Gasteiger partial charge is 0.383 e. The van der Waals surface area contributed by atoms with E-state index in [1.165, 1.54) is 0 Å². The Labute approximate surface area is 116 Å². The topological polar surface area (TPSA) is 57.5 Å². The molecule has 1 rings (SSSR count). The Morgan fingerprint density at radius 2 is 2.11 bits per heavy atom. The molecule has 0 aliphatic heterocycles. The van der Waals surface area contributed by atoms with Gasteiger partial charge in [0.2, 0.25) is 0 Å². The fourth-order valence-corrected chi connectivity index (χ4v) is 2.50. The average molecular weight is 269 g/mol. The Morgan fingerprint density at radius 3 is 2.53 bits per heavy atom. The summed E-state index contributed by atoms with van der Waals surface area (Å²) in [6.45, 7) is 5.00. The van der Waals surface area contributed by atoms with Crippen LogP contribution in [0.1, 0.15) is 19.8 Å². The summed E-state index contributed by atoms with van der Waals surface area (Å²) in [5.74, 6) is 0.474. The van der Waals surface area contributed by atoms with Gasteiger partial charge in [0.15, 0.2) is 0 Å². The molecule has 0 aromatic rings. The lowest BCUT2D eigenvalue weighted by Crippen LogP contribution is -2.56. The first-order valence-corrected chi connectivity index (χ1v) is 6.95. The van der Waals surface area contributed by atoms with Crippen molar-refractivity contribution in [2.45, 2.75) is 31.3 Å². The van der Waals surface area contributed by atoms with Crippen molar-refractivity contribution in [3.8, 4) is 6.07 Å². The SMILES string of the molecule is CNC(C#N)(CN(CCOC)C(C)COC)C1CC1. The quantitative estimate of drug-likeness (QED) is 0.637. The van der Waals surface area contributed by atoms with Crippen molar-refractivity contribution in [2.24, 2.45) is 5.92 Å². The van der Waals surface area contributed by atoms with Crippen LogP contribution in [0.15, 0.2) is 0 Å². The lowest BCUT2D eigenvalue weighted by Gasteiger charge is -2.36. The van der Waals surface area contributed by atoms with E-state index in [9.17, 15) is 5.26 Å². The normalized spacial score (nSPS) is 20.0. The fourth-order valence-electron chi connectivity index (χ4n) is 2.50. The minimum Gasteiger partial charge on any atom is -0.383 e. The molecular weight excluding hydrogens is 242 g/mol. The van der Waals surface area contributed by atoms with Gasteiger partial charge in [-0.2, -0.15) is 5.26 Å². The van der Waals surface area contributed by atoms with Gasteiger partial charge in [-0.15, -0.1) is 0 Å². The Balaban J connectivity index is 2.70. The molecule has 0 aromatic heterocycles. The standard InChI is InChI=1S/C14H27N3O2/c1-12(9-19-4)17(7-8-18-3)11-14(10-15,16-2)13-5-6-13/h12-13,16H,5-9,11H2,1-4H3. The Hall–Kier alpha value is -0.670. The minimum atomic E-state index is -0.435. The summed E-state index contributed by atoms with van der Waals surface area (Å²) in [5.41, 5.74) is -0.435. The Morgan fingerprint density at radius 1 is 1.42 bits per heavy atom. The van der Waals surface area contributed by atoms with Crippen LogP contribution < -0.4 is 5.32 Å². The van der Waals surface area contributed by atoms with E-state index in [4.69, 9.17) is 9.47 Å². The van der Waals surface area contributed by atoms with Crippen LogP contribution in [-0.2, 0) is 9.47 Å². The van der Waals surface area contributed by atoms with Crippen LogP contribution in [0.2, 0.25) is 0 Å². The number of rotatable bonds is 10. The molecule has 5 heteroatoms. The number of nitrogens with zero attached hydrogens (tertiary/aromatic N) is 2. The molecule has 0 spiro atoms. The number of methoxy groups -OCH3 is 2. The summed E-state index contributed by atoms with van der Waals surface area (Å²) < 4.78 is 10.4. The Bertz CT molecular complexity index is 302. The van der Waals surface area contributed by atoms with Gasteiger partial charge >= 0.3 is 0 Å². The number of ether oxygens (including phenoxy) is 2.